The molecule has 0 spiro atoms. The van der Waals surface area contributed by atoms with E-state index in [1.165, 1.54) is 28.2 Å². The van der Waals surface area contributed by atoms with Gasteiger partial charge in [0, 0.05) is 10.3 Å². The lowest BCUT2D eigenvalue weighted by Crippen LogP contribution is -2.14. The number of hydrogen-bond donors (Lipinski definition) is 2. The van der Waals surface area contributed by atoms with E-state index in [2.05, 4.69) is 17.2 Å². The molecule has 2 heterocycles. The summed E-state index contributed by atoms with van der Waals surface area (Å²) in [5.74, 6) is 0.128. The van der Waals surface area contributed by atoms with Crippen molar-refractivity contribution in [1.82, 2.24) is 4.98 Å². The summed E-state index contributed by atoms with van der Waals surface area (Å²) in [5.41, 5.74) is 7.03. The molecule has 3 rings (SSSR count). The van der Waals surface area contributed by atoms with Crippen LogP contribution in [0.3, 0.4) is 0 Å². The van der Waals surface area contributed by atoms with Crippen molar-refractivity contribution in [2.45, 2.75) is 32.6 Å². The van der Waals surface area contributed by atoms with E-state index in [4.69, 9.17) is 5.73 Å². The van der Waals surface area contributed by atoms with E-state index < -0.39 is 5.91 Å². The lowest BCUT2D eigenvalue weighted by Gasteiger charge is -2.16. The normalized spacial score (nSPS) is 17.0. The molecule has 1 unspecified atom stereocenters. The summed E-state index contributed by atoms with van der Waals surface area (Å²) >= 11 is 2.88. The summed E-state index contributed by atoms with van der Waals surface area (Å²) in [7, 11) is 0. The predicted octanol–water partition coefficient (Wildman–Crippen LogP) is 2.61. The second-order valence-corrected chi connectivity index (χ2v) is 7.64. The number of carbonyl (C=O) groups excluding carboxylic acids is 2. The van der Waals surface area contributed by atoms with Crippen molar-refractivity contribution >= 4 is 39.6 Å². The van der Waals surface area contributed by atoms with E-state index in [0.717, 1.165) is 17.7 Å². The van der Waals surface area contributed by atoms with Gasteiger partial charge in [-0.3, -0.25) is 14.9 Å². The molecule has 1 atom stereocenters. The first-order chi connectivity index (χ1) is 10.5. The Bertz CT molecular complexity index is 720. The van der Waals surface area contributed by atoms with Crippen molar-refractivity contribution in [3.05, 3.63) is 32.5 Å². The lowest BCUT2D eigenvalue weighted by atomic mass is 9.90. The molecule has 0 bridgehead atoms. The molecule has 2 aromatic rings. The SMILES string of the molecule is CC1CCc2sc(C(=O)Nc3nc(CC(N)=O)cs3)cc2C1. The number of aryl methyl sites for hydroxylation is 1. The van der Waals surface area contributed by atoms with Gasteiger partial charge in [-0.1, -0.05) is 6.92 Å². The van der Waals surface area contributed by atoms with Gasteiger partial charge < -0.3 is 5.73 Å². The first kappa shape index (κ1) is 15.2. The standard InChI is InChI=1S/C15H17N3O2S2/c1-8-2-3-11-9(4-8)5-12(22-11)14(20)18-15-17-10(7-21-15)6-13(16)19/h5,7-8H,2-4,6H2,1H3,(H2,16,19)(H,17,18,20). The molecule has 1 aliphatic rings. The van der Waals surface area contributed by atoms with Crippen molar-refractivity contribution in [1.29, 1.82) is 0 Å². The van der Waals surface area contributed by atoms with Crippen LogP contribution >= 0.6 is 22.7 Å². The van der Waals surface area contributed by atoms with Gasteiger partial charge in [0.25, 0.3) is 5.91 Å². The fourth-order valence-electron chi connectivity index (χ4n) is 2.60. The van der Waals surface area contributed by atoms with Crippen LogP contribution in [0.2, 0.25) is 0 Å². The molecule has 7 heteroatoms. The number of nitrogens with zero attached hydrogens (tertiary/aromatic N) is 1. The number of rotatable bonds is 4. The zero-order valence-corrected chi connectivity index (χ0v) is 13.9. The maximum atomic E-state index is 12.3. The lowest BCUT2D eigenvalue weighted by molar-refractivity contribution is -0.117. The third-order valence-corrected chi connectivity index (χ3v) is 5.72. The number of primary amides is 1. The molecule has 0 aromatic carbocycles. The Morgan fingerprint density at radius 2 is 2.32 bits per heavy atom. The van der Waals surface area contributed by atoms with Crippen molar-refractivity contribution in [3.8, 4) is 0 Å². The number of thiophene rings is 1. The molecule has 1 aliphatic carbocycles. The minimum Gasteiger partial charge on any atom is -0.369 e. The zero-order chi connectivity index (χ0) is 15.7. The second kappa shape index (κ2) is 6.18. The van der Waals surface area contributed by atoms with E-state index in [0.29, 0.717) is 16.7 Å². The largest absolute Gasteiger partial charge is 0.369 e. The van der Waals surface area contributed by atoms with E-state index in [1.807, 2.05) is 6.07 Å². The van der Waals surface area contributed by atoms with Crippen LogP contribution in [0.15, 0.2) is 11.4 Å². The molecule has 0 aliphatic heterocycles. The fourth-order valence-corrected chi connectivity index (χ4v) is 4.41. The molecule has 0 fully saturated rings. The van der Waals surface area contributed by atoms with Crippen molar-refractivity contribution < 1.29 is 9.59 Å². The molecule has 2 aromatic heterocycles. The minimum absolute atomic E-state index is 0.0948. The van der Waals surface area contributed by atoms with Gasteiger partial charge in [0.05, 0.1) is 17.0 Å². The Hall–Kier alpha value is -1.73. The number of nitrogens with two attached hydrogens (primary N) is 1. The van der Waals surface area contributed by atoms with Crippen LogP contribution in [0, 0.1) is 5.92 Å². The first-order valence-corrected chi connectivity index (χ1v) is 8.86. The van der Waals surface area contributed by atoms with E-state index in [-0.39, 0.29) is 12.3 Å². The maximum Gasteiger partial charge on any atom is 0.267 e. The third-order valence-electron chi connectivity index (χ3n) is 3.68. The van der Waals surface area contributed by atoms with E-state index >= 15 is 0 Å². The predicted molar refractivity (Wildman–Crippen MR) is 88.5 cm³/mol. The summed E-state index contributed by atoms with van der Waals surface area (Å²) in [6.45, 7) is 2.25. The molecule has 3 N–H and O–H groups in total. The number of nitrogens with one attached hydrogen (secondary N) is 1. The minimum atomic E-state index is -0.428. The van der Waals surface area contributed by atoms with Crippen molar-refractivity contribution in [3.63, 3.8) is 0 Å². The summed E-state index contributed by atoms with van der Waals surface area (Å²) in [5, 5.41) is 5.04. The third kappa shape index (κ3) is 3.36. The highest BCUT2D eigenvalue weighted by molar-refractivity contribution is 7.15. The highest BCUT2D eigenvalue weighted by atomic mass is 32.1. The van der Waals surface area contributed by atoms with Crippen LogP contribution in [-0.4, -0.2) is 16.8 Å². The van der Waals surface area contributed by atoms with Crippen LogP contribution in [0.4, 0.5) is 5.13 Å². The van der Waals surface area contributed by atoms with Crippen LogP contribution in [0.25, 0.3) is 0 Å². The smallest absolute Gasteiger partial charge is 0.267 e. The summed E-state index contributed by atoms with van der Waals surface area (Å²) in [4.78, 5) is 29.4. The number of thiazole rings is 1. The maximum absolute atomic E-state index is 12.3. The average Bonchev–Trinajstić information content (AvgIpc) is 3.04. The number of anilines is 1. The first-order valence-electron chi connectivity index (χ1n) is 7.17. The Morgan fingerprint density at radius 3 is 3.09 bits per heavy atom. The number of aromatic nitrogens is 1. The van der Waals surface area contributed by atoms with Crippen molar-refractivity contribution in [2.24, 2.45) is 11.7 Å². The number of hydrogen-bond acceptors (Lipinski definition) is 5. The molecule has 116 valence electrons. The monoisotopic (exact) mass is 335 g/mol. The molecule has 0 saturated heterocycles. The van der Waals surface area contributed by atoms with Crippen LogP contribution < -0.4 is 11.1 Å². The molecule has 5 nitrogen and oxygen atoms in total. The van der Waals surface area contributed by atoms with Gasteiger partial charge in [-0.2, -0.15) is 0 Å². The van der Waals surface area contributed by atoms with Gasteiger partial charge in [-0.15, -0.1) is 22.7 Å². The Morgan fingerprint density at radius 1 is 1.50 bits per heavy atom. The Balaban J connectivity index is 1.69. The van der Waals surface area contributed by atoms with E-state index in [9.17, 15) is 9.59 Å². The number of carbonyl (C=O) groups is 2. The summed E-state index contributed by atoms with van der Waals surface area (Å²) in [6, 6.07) is 2.00. The Kier molecular flexibility index (Phi) is 4.26. The Labute approximate surface area is 136 Å². The summed E-state index contributed by atoms with van der Waals surface area (Å²) in [6.07, 6.45) is 3.41. The quantitative estimate of drug-likeness (QED) is 0.900. The fraction of sp³-hybridized carbons (Fsp3) is 0.400. The molecule has 22 heavy (non-hydrogen) atoms. The average molecular weight is 335 g/mol. The zero-order valence-electron chi connectivity index (χ0n) is 12.2. The van der Waals surface area contributed by atoms with Crippen LogP contribution in [-0.2, 0) is 24.1 Å². The highest BCUT2D eigenvalue weighted by Crippen LogP contribution is 2.32. The van der Waals surface area contributed by atoms with Crippen molar-refractivity contribution in [2.75, 3.05) is 5.32 Å². The number of fused-ring (bicyclic) bond motifs is 1. The van der Waals surface area contributed by atoms with Gasteiger partial charge in [0.2, 0.25) is 5.91 Å². The molecular weight excluding hydrogens is 318 g/mol. The molecule has 0 saturated carbocycles. The summed E-state index contributed by atoms with van der Waals surface area (Å²) < 4.78 is 0. The number of amides is 2. The van der Waals surface area contributed by atoms with Crippen LogP contribution in [0.1, 0.15) is 39.2 Å². The van der Waals surface area contributed by atoms with Gasteiger partial charge in [0.15, 0.2) is 5.13 Å². The van der Waals surface area contributed by atoms with Crippen LogP contribution in [0.5, 0.6) is 0 Å². The highest BCUT2D eigenvalue weighted by Gasteiger charge is 2.21. The van der Waals surface area contributed by atoms with Gasteiger partial charge >= 0.3 is 0 Å². The molecule has 0 radical (unpaired) electrons. The van der Waals surface area contributed by atoms with Gasteiger partial charge in [-0.05, 0) is 36.8 Å². The van der Waals surface area contributed by atoms with Gasteiger partial charge in [-0.25, -0.2) is 4.98 Å². The molecular formula is C15H17N3O2S2. The second-order valence-electron chi connectivity index (χ2n) is 5.65. The van der Waals surface area contributed by atoms with Gasteiger partial charge in [0.1, 0.15) is 0 Å². The molecule has 2 amide bonds. The van der Waals surface area contributed by atoms with E-state index in [1.54, 1.807) is 16.7 Å². The topological polar surface area (TPSA) is 85.1 Å².